The van der Waals surface area contributed by atoms with Gasteiger partial charge in [0.05, 0.1) is 15.3 Å². The van der Waals surface area contributed by atoms with Crippen LogP contribution < -0.4 is 9.47 Å². The van der Waals surface area contributed by atoms with E-state index in [2.05, 4.69) is 36.4 Å². The summed E-state index contributed by atoms with van der Waals surface area (Å²) >= 11 is 3.25. The van der Waals surface area contributed by atoms with Gasteiger partial charge in [0, 0.05) is 55.0 Å². The zero-order valence-electron chi connectivity index (χ0n) is 36.2. The van der Waals surface area contributed by atoms with E-state index in [1.54, 1.807) is 28.7 Å². The predicted molar refractivity (Wildman–Crippen MR) is 262 cm³/mol. The van der Waals surface area contributed by atoms with E-state index in [0.717, 1.165) is 104 Å². The van der Waals surface area contributed by atoms with Crippen molar-refractivity contribution in [1.29, 1.82) is 0 Å². The molecule has 0 amide bonds. The molecule has 6 aliphatic carbocycles. The summed E-state index contributed by atoms with van der Waals surface area (Å²) in [6, 6.07) is 27.6. The van der Waals surface area contributed by atoms with E-state index in [1.165, 1.54) is 35.1 Å². The Kier molecular flexibility index (Phi) is 8.37. The van der Waals surface area contributed by atoms with E-state index >= 15 is 0 Å². The minimum absolute atomic E-state index is 0.102. The number of ether oxygens (including phenoxy) is 2. The van der Waals surface area contributed by atoms with Crippen LogP contribution in [0.5, 0.6) is 11.5 Å². The Morgan fingerprint density at radius 2 is 0.985 bits per heavy atom. The van der Waals surface area contributed by atoms with Crippen molar-refractivity contribution >= 4 is 84.9 Å². The van der Waals surface area contributed by atoms with E-state index in [-0.39, 0.29) is 34.8 Å². The standard InChI is InChI=1S/C58H44O6S2/c59-51-39-19-31-11-3-4-12-32(31)20-40(39)52(60)45(51)27-37-29-49-55(65-37)43-23-36-26-48-44(24-35(36)25-47(43)57(63-49)15-7-1-8-16-57)56-50(64-58(48)17-9-2-10-18-58)30-38(66-56)28-46-53(61)41-21-33-13-5-6-14-34(33)22-42(41)54(46)62/h3-6,11-14,19-30,35-36,51,59H,1-2,7-10,15-18H2/b45-27+. The third-order valence-electron chi connectivity index (χ3n) is 15.8. The van der Waals surface area contributed by atoms with Gasteiger partial charge in [0.2, 0.25) is 0 Å². The normalized spacial score (nSPS) is 24.6. The first kappa shape index (κ1) is 39.0. The number of Topliss-reactive ketones (excluding diaryl/α,β-unsaturated/α-hetero) is 3. The molecule has 6 nitrogen and oxygen atoms in total. The van der Waals surface area contributed by atoms with Crippen LogP contribution in [-0.2, 0) is 0 Å². The van der Waals surface area contributed by atoms with Crippen LogP contribution >= 0.6 is 22.7 Å². The van der Waals surface area contributed by atoms with E-state index < -0.39 is 17.3 Å². The Hall–Kier alpha value is -6.19. The molecule has 2 aliphatic heterocycles. The first-order valence-electron chi connectivity index (χ1n) is 23.6. The Morgan fingerprint density at radius 1 is 0.530 bits per heavy atom. The van der Waals surface area contributed by atoms with Crippen LogP contribution in [0.25, 0.3) is 44.8 Å². The molecule has 0 bridgehead atoms. The van der Waals surface area contributed by atoms with Crippen molar-refractivity contribution in [3.05, 3.63) is 173 Å². The van der Waals surface area contributed by atoms with Gasteiger partial charge in [-0.05, 0) is 138 Å². The summed E-state index contributed by atoms with van der Waals surface area (Å²) in [6.45, 7) is 0. The fraction of sp³-hybridized carbons (Fsp3) is 0.259. The van der Waals surface area contributed by atoms with Crippen molar-refractivity contribution in [2.45, 2.75) is 81.5 Å². The summed E-state index contributed by atoms with van der Waals surface area (Å²) in [5, 5.41) is 15.5. The predicted octanol–water partition coefficient (Wildman–Crippen LogP) is 13.7. The van der Waals surface area contributed by atoms with Crippen molar-refractivity contribution in [3.63, 3.8) is 0 Å². The number of rotatable bonds is 2. The minimum atomic E-state index is -0.992. The lowest BCUT2D eigenvalue weighted by Crippen LogP contribution is -2.45. The van der Waals surface area contributed by atoms with Crippen molar-refractivity contribution in [3.8, 4) is 11.5 Å². The zero-order chi connectivity index (χ0) is 44.1. The smallest absolute Gasteiger partial charge is 0.197 e. The molecule has 3 unspecified atom stereocenters. The molecule has 324 valence electrons. The molecule has 6 aromatic rings. The second-order valence-corrected chi connectivity index (χ2v) is 21.7. The lowest BCUT2D eigenvalue weighted by molar-refractivity contribution is 0.0636. The van der Waals surface area contributed by atoms with E-state index in [9.17, 15) is 19.5 Å². The van der Waals surface area contributed by atoms with Crippen LogP contribution in [0.1, 0.15) is 126 Å². The molecule has 3 atom stereocenters. The molecule has 1 N–H and O–H groups in total. The van der Waals surface area contributed by atoms with E-state index in [4.69, 9.17) is 9.47 Å². The molecule has 8 aliphatic rings. The first-order chi connectivity index (χ1) is 32.2. The van der Waals surface area contributed by atoms with Crippen LogP contribution in [0.2, 0.25) is 0 Å². The maximum atomic E-state index is 13.9. The second kappa shape index (κ2) is 14.2. The number of benzene rings is 4. The van der Waals surface area contributed by atoms with Crippen LogP contribution in [0.3, 0.4) is 0 Å². The number of carbonyl (C=O) groups is 3. The molecule has 2 fully saturated rings. The van der Waals surface area contributed by atoms with Crippen LogP contribution in [0, 0.1) is 11.8 Å². The van der Waals surface area contributed by atoms with Gasteiger partial charge in [0.15, 0.2) is 17.3 Å². The van der Waals surface area contributed by atoms with Gasteiger partial charge in [-0.25, -0.2) is 0 Å². The maximum Gasteiger partial charge on any atom is 0.197 e. The Labute approximate surface area is 390 Å². The topological polar surface area (TPSA) is 89.9 Å². The van der Waals surface area contributed by atoms with Gasteiger partial charge in [0.25, 0.3) is 0 Å². The number of hydrogen-bond acceptors (Lipinski definition) is 8. The van der Waals surface area contributed by atoms with Gasteiger partial charge in [-0.15, -0.1) is 22.7 Å². The Bertz CT molecular complexity index is 3360. The number of hydrogen-bond donors (Lipinski definition) is 1. The lowest BCUT2D eigenvalue weighted by atomic mass is 9.65. The number of ketones is 3. The van der Waals surface area contributed by atoms with Gasteiger partial charge < -0.3 is 14.6 Å². The Morgan fingerprint density at radius 3 is 1.48 bits per heavy atom. The molecule has 14 rings (SSSR count). The number of thiophene rings is 2. The van der Waals surface area contributed by atoms with Crippen LogP contribution in [0.4, 0.5) is 0 Å². The third-order valence-corrected chi connectivity index (χ3v) is 18.0. The highest BCUT2D eigenvalue weighted by molar-refractivity contribution is 7.15. The first-order valence-corrected chi connectivity index (χ1v) is 25.2. The van der Waals surface area contributed by atoms with Crippen LogP contribution in [0.15, 0.2) is 132 Å². The molecule has 66 heavy (non-hydrogen) atoms. The SMILES string of the molecule is O=C1C(=Cc2cc3c(s2)C2=CC4C=C5C(=CC4C=C2C2(CCCCC2)O3)c2sc(/C=C3/C(=O)c4cc6ccccc6cc4C3O)cc2OC52CCCCC2)C(=O)c2cc3ccccc3cc21. The molecule has 4 heterocycles. The lowest BCUT2D eigenvalue weighted by Gasteiger charge is -2.48. The average molecular weight is 901 g/mol. The summed E-state index contributed by atoms with van der Waals surface area (Å²) in [5.41, 5.74) is 6.88. The average Bonchev–Trinajstić information content (AvgIpc) is 4.06. The zero-order valence-corrected chi connectivity index (χ0v) is 37.8. The summed E-state index contributed by atoms with van der Waals surface area (Å²) in [7, 11) is 0. The van der Waals surface area contributed by atoms with Crippen LogP contribution in [-0.4, -0.2) is 33.7 Å². The summed E-state index contributed by atoms with van der Waals surface area (Å²) in [4.78, 5) is 45.5. The highest BCUT2D eigenvalue weighted by atomic mass is 32.1. The highest BCUT2D eigenvalue weighted by Gasteiger charge is 2.50. The van der Waals surface area contributed by atoms with Gasteiger partial charge in [-0.3, -0.25) is 14.4 Å². The largest absolute Gasteiger partial charge is 0.481 e. The number of aliphatic hydroxyl groups excluding tert-OH is 1. The molecule has 2 aromatic heterocycles. The number of aliphatic hydroxyl groups is 1. The fourth-order valence-corrected chi connectivity index (χ4v) is 14.7. The Balaban J connectivity index is 0.848. The maximum absolute atomic E-state index is 13.9. The monoisotopic (exact) mass is 900 g/mol. The van der Waals surface area contributed by atoms with Gasteiger partial charge in [-0.2, -0.15) is 0 Å². The molecule has 2 spiro atoms. The van der Waals surface area contributed by atoms with Crippen molar-refractivity contribution in [1.82, 2.24) is 0 Å². The molecule has 0 radical (unpaired) electrons. The number of allylic oxidation sites excluding steroid dienone is 5. The third kappa shape index (κ3) is 5.64. The van der Waals surface area contributed by atoms with Gasteiger partial charge in [0.1, 0.15) is 28.8 Å². The molecular weight excluding hydrogens is 857 g/mol. The number of fused-ring (bicyclic) bond motifs is 13. The van der Waals surface area contributed by atoms with Gasteiger partial charge >= 0.3 is 0 Å². The minimum Gasteiger partial charge on any atom is -0.481 e. The summed E-state index contributed by atoms with van der Waals surface area (Å²) in [6.07, 6.45) is 23.1. The van der Waals surface area contributed by atoms with E-state index in [0.29, 0.717) is 27.8 Å². The fourth-order valence-electron chi connectivity index (χ4n) is 12.5. The van der Waals surface area contributed by atoms with Crippen molar-refractivity contribution in [2.24, 2.45) is 11.8 Å². The molecular formula is C58H44O6S2. The quantitative estimate of drug-likeness (QED) is 0.138. The summed E-state index contributed by atoms with van der Waals surface area (Å²) < 4.78 is 14.4. The molecule has 2 saturated carbocycles. The molecule has 4 aromatic carbocycles. The molecule has 8 heteroatoms. The second-order valence-electron chi connectivity index (χ2n) is 19.6. The molecule has 0 saturated heterocycles. The van der Waals surface area contributed by atoms with Gasteiger partial charge in [-0.1, -0.05) is 85.7 Å². The highest BCUT2D eigenvalue weighted by Crippen LogP contribution is 2.60. The van der Waals surface area contributed by atoms with E-state index in [1.807, 2.05) is 78.9 Å². The van der Waals surface area contributed by atoms with Crippen molar-refractivity contribution in [2.75, 3.05) is 0 Å². The van der Waals surface area contributed by atoms with Crippen molar-refractivity contribution < 1.29 is 29.0 Å². The number of carbonyl (C=O) groups excluding carboxylic acids is 3. The summed E-state index contributed by atoms with van der Waals surface area (Å²) in [5.74, 6) is 1.35.